The van der Waals surface area contributed by atoms with Gasteiger partial charge in [0.2, 0.25) is 0 Å². The van der Waals surface area contributed by atoms with E-state index >= 15 is 0 Å². The van der Waals surface area contributed by atoms with E-state index in [4.69, 9.17) is 4.74 Å². The second-order valence-corrected chi connectivity index (χ2v) is 6.71. The number of carbonyl (C=O) groups is 1. The van der Waals surface area contributed by atoms with E-state index in [9.17, 15) is 4.79 Å². The Labute approximate surface area is 152 Å². The van der Waals surface area contributed by atoms with Gasteiger partial charge in [0.05, 0.1) is 29.7 Å². The van der Waals surface area contributed by atoms with Gasteiger partial charge in [-0.1, -0.05) is 6.07 Å². The van der Waals surface area contributed by atoms with Gasteiger partial charge in [-0.3, -0.25) is 9.78 Å². The molecule has 1 atom stereocenters. The molecule has 0 aromatic carbocycles. The molecule has 6 heteroatoms. The van der Waals surface area contributed by atoms with Crippen molar-refractivity contribution in [2.45, 2.75) is 32.5 Å². The highest BCUT2D eigenvalue weighted by atomic mass is 16.5. The summed E-state index contributed by atoms with van der Waals surface area (Å²) >= 11 is 0. The number of fused-ring (bicyclic) bond motifs is 1. The number of pyridine rings is 2. The van der Waals surface area contributed by atoms with Crippen molar-refractivity contribution in [2.24, 2.45) is 0 Å². The van der Waals surface area contributed by atoms with Crippen LogP contribution in [0, 0.1) is 6.92 Å². The Hall–Kier alpha value is -2.73. The minimum Gasteiger partial charge on any atom is -0.370 e. The Kier molecular flexibility index (Phi) is 4.67. The topological polar surface area (TPSA) is 59.7 Å². The van der Waals surface area contributed by atoms with Crippen molar-refractivity contribution in [1.29, 1.82) is 0 Å². The predicted octanol–water partition coefficient (Wildman–Crippen LogP) is 2.86. The van der Waals surface area contributed by atoms with Gasteiger partial charge >= 0.3 is 0 Å². The maximum absolute atomic E-state index is 12.9. The normalized spacial score (nSPS) is 17.6. The molecule has 1 aliphatic heterocycles. The van der Waals surface area contributed by atoms with Crippen molar-refractivity contribution < 1.29 is 9.53 Å². The molecule has 1 fully saturated rings. The first-order valence-electron chi connectivity index (χ1n) is 8.95. The summed E-state index contributed by atoms with van der Waals surface area (Å²) in [5.74, 6) is 0.0457. The van der Waals surface area contributed by atoms with Crippen LogP contribution < -0.4 is 0 Å². The fraction of sp³-hybridized carbons (Fsp3) is 0.350. The number of amides is 1. The van der Waals surface area contributed by atoms with Gasteiger partial charge in [-0.2, -0.15) is 0 Å². The Morgan fingerprint density at radius 1 is 1.27 bits per heavy atom. The number of likely N-dealkylation sites (tertiary alicyclic amines) is 1. The van der Waals surface area contributed by atoms with Gasteiger partial charge < -0.3 is 14.0 Å². The maximum Gasteiger partial charge on any atom is 0.255 e. The van der Waals surface area contributed by atoms with E-state index in [2.05, 4.69) is 9.97 Å². The zero-order chi connectivity index (χ0) is 17.9. The lowest BCUT2D eigenvalue weighted by Gasteiger charge is -2.32. The monoisotopic (exact) mass is 350 g/mol. The molecule has 0 spiro atoms. The number of carbonyl (C=O) groups excluding carboxylic acids is 1. The lowest BCUT2D eigenvalue weighted by Crippen LogP contribution is -2.43. The van der Waals surface area contributed by atoms with Crippen LogP contribution in [0.2, 0.25) is 0 Å². The lowest BCUT2D eigenvalue weighted by molar-refractivity contribution is -0.00786. The molecule has 4 rings (SSSR count). The van der Waals surface area contributed by atoms with Crippen molar-refractivity contribution in [2.75, 3.05) is 13.1 Å². The number of aryl methyl sites for hydroxylation is 1. The predicted molar refractivity (Wildman–Crippen MR) is 97.9 cm³/mol. The van der Waals surface area contributed by atoms with Gasteiger partial charge in [0.15, 0.2) is 0 Å². The second kappa shape index (κ2) is 7.25. The van der Waals surface area contributed by atoms with Crippen molar-refractivity contribution >= 4 is 11.6 Å². The quantitative estimate of drug-likeness (QED) is 0.726. The molecular formula is C20H22N4O2. The third kappa shape index (κ3) is 3.60. The SMILES string of the molecule is Cc1cn2cc(C(=O)N3CCC[C@H](OCc4ccccn4)C3)ccc2n1. The van der Waals surface area contributed by atoms with Crippen LogP contribution in [0.1, 0.15) is 34.6 Å². The molecule has 134 valence electrons. The number of hydrogen-bond acceptors (Lipinski definition) is 4. The number of hydrogen-bond donors (Lipinski definition) is 0. The minimum atomic E-state index is 0.0457. The fourth-order valence-corrected chi connectivity index (χ4v) is 3.37. The summed E-state index contributed by atoms with van der Waals surface area (Å²) in [5, 5.41) is 0. The van der Waals surface area contributed by atoms with Crippen LogP contribution in [0.3, 0.4) is 0 Å². The first kappa shape index (κ1) is 16.7. The van der Waals surface area contributed by atoms with Gasteiger partial charge in [0.1, 0.15) is 5.65 Å². The first-order valence-corrected chi connectivity index (χ1v) is 8.95. The highest BCUT2D eigenvalue weighted by Crippen LogP contribution is 2.18. The van der Waals surface area contributed by atoms with Crippen molar-refractivity contribution in [3.63, 3.8) is 0 Å². The second-order valence-electron chi connectivity index (χ2n) is 6.71. The average Bonchev–Trinajstić information content (AvgIpc) is 3.06. The summed E-state index contributed by atoms with van der Waals surface area (Å²) in [6.07, 6.45) is 7.52. The minimum absolute atomic E-state index is 0.0457. The molecular weight excluding hydrogens is 328 g/mol. The number of aromatic nitrogens is 3. The molecule has 6 nitrogen and oxygen atoms in total. The standard InChI is InChI=1S/C20H22N4O2/c1-15-11-24-12-16(7-8-19(24)22-15)20(25)23-10-4-6-18(13-23)26-14-17-5-2-3-9-21-17/h2-3,5,7-9,11-12,18H,4,6,10,13-14H2,1H3/t18-/m0/s1. The average molecular weight is 350 g/mol. The highest BCUT2D eigenvalue weighted by molar-refractivity contribution is 5.94. The molecule has 0 unspecified atom stereocenters. The number of piperidine rings is 1. The Bertz CT molecular complexity index is 907. The molecule has 0 radical (unpaired) electrons. The highest BCUT2D eigenvalue weighted by Gasteiger charge is 2.25. The first-order chi connectivity index (χ1) is 12.7. The largest absolute Gasteiger partial charge is 0.370 e. The zero-order valence-electron chi connectivity index (χ0n) is 14.8. The van der Waals surface area contributed by atoms with Crippen LogP contribution in [-0.2, 0) is 11.3 Å². The number of rotatable bonds is 4. The summed E-state index contributed by atoms with van der Waals surface area (Å²) in [5.41, 5.74) is 3.39. The number of nitrogens with zero attached hydrogens (tertiary/aromatic N) is 4. The molecule has 3 aromatic heterocycles. The van der Waals surface area contributed by atoms with Gasteiger partial charge in [0, 0.05) is 31.7 Å². The Balaban J connectivity index is 1.41. The number of ether oxygens (including phenoxy) is 1. The molecule has 26 heavy (non-hydrogen) atoms. The molecule has 0 saturated carbocycles. The van der Waals surface area contributed by atoms with Crippen molar-refractivity contribution in [1.82, 2.24) is 19.3 Å². The van der Waals surface area contributed by atoms with E-state index in [0.717, 1.165) is 36.4 Å². The van der Waals surface area contributed by atoms with Crippen molar-refractivity contribution in [3.8, 4) is 0 Å². The van der Waals surface area contributed by atoms with E-state index in [0.29, 0.717) is 18.7 Å². The van der Waals surface area contributed by atoms with E-state index in [1.54, 1.807) is 6.20 Å². The molecule has 0 bridgehead atoms. The van der Waals surface area contributed by atoms with Crippen molar-refractivity contribution in [3.05, 3.63) is 65.9 Å². The lowest BCUT2D eigenvalue weighted by atomic mass is 10.1. The maximum atomic E-state index is 12.9. The van der Waals surface area contributed by atoms with Gasteiger partial charge in [0.25, 0.3) is 5.91 Å². The molecule has 1 amide bonds. The molecule has 1 aliphatic rings. The van der Waals surface area contributed by atoms with E-state index in [1.807, 2.05) is 58.9 Å². The van der Waals surface area contributed by atoms with Gasteiger partial charge in [-0.05, 0) is 44.0 Å². The fourth-order valence-electron chi connectivity index (χ4n) is 3.37. The van der Waals surface area contributed by atoms with Gasteiger partial charge in [-0.15, -0.1) is 0 Å². The van der Waals surface area contributed by atoms with Crippen LogP contribution in [0.5, 0.6) is 0 Å². The molecule has 4 heterocycles. The molecule has 1 saturated heterocycles. The Morgan fingerprint density at radius 3 is 3.04 bits per heavy atom. The summed E-state index contributed by atoms with van der Waals surface area (Å²) in [6.45, 7) is 3.81. The molecule has 0 aliphatic carbocycles. The Morgan fingerprint density at radius 2 is 2.19 bits per heavy atom. The van der Waals surface area contributed by atoms with Crippen LogP contribution in [0.4, 0.5) is 0 Å². The zero-order valence-corrected chi connectivity index (χ0v) is 14.8. The smallest absolute Gasteiger partial charge is 0.255 e. The van der Waals surface area contributed by atoms with E-state index in [-0.39, 0.29) is 12.0 Å². The van der Waals surface area contributed by atoms with Crippen LogP contribution in [0.15, 0.2) is 48.9 Å². The molecule has 0 N–H and O–H groups in total. The summed E-state index contributed by atoms with van der Waals surface area (Å²) in [4.78, 5) is 23.5. The van der Waals surface area contributed by atoms with Crippen LogP contribution in [0.25, 0.3) is 5.65 Å². The van der Waals surface area contributed by atoms with E-state index < -0.39 is 0 Å². The van der Waals surface area contributed by atoms with E-state index in [1.165, 1.54) is 0 Å². The third-order valence-corrected chi connectivity index (χ3v) is 4.68. The van der Waals surface area contributed by atoms with Crippen LogP contribution >= 0.6 is 0 Å². The number of imidazole rings is 1. The summed E-state index contributed by atoms with van der Waals surface area (Å²) in [7, 11) is 0. The summed E-state index contributed by atoms with van der Waals surface area (Å²) < 4.78 is 7.89. The third-order valence-electron chi connectivity index (χ3n) is 4.68. The summed E-state index contributed by atoms with van der Waals surface area (Å²) in [6, 6.07) is 9.54. The molecule has 3 aromatic rings. The van der Waals surface area contributed by atoms with Gasteiger partial charge in [-0.25, -0.2) is 4.98 Å². The van der Waals surface area contributed by atoms with Crippen LogP contribution in [-0.4, -0.2) is 44.4 Å².